The first kappa shape index (κ1) is 35.6. The number of rotatable bonds is 23. The average Bonchev–Trinajstić information content (AvgIpc) is 2.98. The van der Waals surface area contributed by atoms with Gasteiger partial charge in [0.1, 0.15) is 18.0 Å². The summed E-state index contributed by atoms with van der Waals surface area (Å²) in [5.41, 5.74) is 2.23. The summed E-state index contributed by atoms with van der Waals surface area (Å²) in [5.74, 6) is 1.51. The Labute approximate surface area is 257 Å². The van der Waals surface area contributed by atoms with Crippen LogP contribution in [0.25, 0.3) is 0 Å². The van der Waals surface area contributed by atoms with Crippen molar-refractivity contribution >= 4 is 5.91 Å². The largest absolute Gasteiger partial charge is 0.493 e. The molecule has 0 atom stereocenters. The fourth-order valence-corrected chi connectivity index (χ4v) is 5.26. The van der Waals surface area contributed by atoms with Crippen LogP contribution in [0, 0.1) is 0 Å². The SMILES string of the molecule is CCCCCCCCCCCCCCCCOc1ccc(OCC(=O)NCCc2ccc[n+](CC)c2)cc1C(C)(C)C. The molecule has 0 aliphatic heterocycles. The van der Waals surface area contributed by atoms with E-state index in [1.54, 1.807) is 0 Å². The molecule has 0 radical (unpaired) electrons. The second-order valence-electron chi connectivity index (χ2n) is 12.8. The molecule has 1 amide bonds. The zero-order valence-corrected chi connectivity index (χ0v) is 27.6. The molecule has 0 spiro atoms. The van der Waals surface area contributed by atoms with Crippen LogP contribution in [0.5, 0.6) is 11.5 Å². The first-order valence-corrected chi connectivity index (χ1v) is 17.0. The molecule has 0 aliphatic carbocycles. The highest BCUT2D eigenvalue weighted by Gasteiger charge is 2.20. The molecule has 0 aliphatic rings. The summed E-state index contributed by atoms with van der Waals surface area (Å²) in [6.45, 7) is 13.2. The van der Waals surface area contributed by atoms with Gasteiger partial charge in [-0.05, 0) is 49.4 Å². The van der Waals surface area contributed by atoms with Crippen molar-refractivity contribution in [1.82, 2.24) is 5.32 Å². The van der Waals surface area contributed by atoms with Gasteiger partial charge >= 0.3 is 0 Å². The van der Waals surface area contributed by atoms with E-state index < -0.39 is 0 Å². The topological polar surface area (TPSA) is 51.4 Å². The van der Waals surface area contributed by atoms with Crippen LogP contribution in [0.2, 0.25) is 0 Å². The lowest BCUT2D eigenvalue weighted by Gasteiger charge is -2.24. The Morgan fingerprint density at radius 3 is 2.02 bits per heavy atom. The number of nitrogens with one attached hydrogen (secondary N) is 1. The summed E-state index contributed by atoms with van der Waals surface area (Å²) in [6, 6.07) is 10.1. The van der Waals surface area contributed by atoms with Crippen LogP contribution in [-0.4, -0.2) is 25.7 Å². The molecule has 5 heteroatoms. The van der Waals surface area contributed by atoms with Gasteiger partial charge in [0.25, 0.3) is 5.91 Å². The first-order valence-electron chi connectivity index (χ1n) is 17.0. The average molecular weight is 582 g/mol. The Morgan fingerprint density at radius 1 is 0.810 bits per heavy atom. The normalized spacial score (nSPS) is 11.5. The van der Waals surface area contributed by atoms with E-state index in [1.807, 2.05) is 24.3 Å². The number of ether oxygens (including phenoxy) is 2. The van der Waals surface area contributed by atoms with Crippen LogP contribution >= 0.6 is 0 Å². The van der Waals surface area contributed by atoms with E-state index in [0.717, 1.165) is 37.3 Å². The van der Waals surface area contributed by atoms with Gasteiger partial charge in [0.2, 0.25) is 0 Å². The Kier molecular flexibility index (Phi) is 18.0. The number of pyridine rings is 1. The van der Waals surface area contributed by atoms with Gasteiger partial charge < -0.3 is 14.8 Å². The zero-order valence-electron chi connectivity index (χ0n) is 27.6. The minimum absolute atomic E-state index is 0.00653. The van der Waals surface area contributed by atoms with E-state index in [0.29, 0.717) is 12.3 Å². The summed E-state index contributed by atoms with van der Waals surface area (Å²) in [4.78, 5) is 12.4. The Bertz CT molecular complexity index is 999. The van der Waals surface area contributed by atoms with E-state index in [1.165, 1.54) is 89.0 Å². The third-order valence-electron chi connectivity index (χ3n) is 7.90. The number of aromatic nitrogens is 1. The van der Waals surface area contributed by atoms with E-state index in [2.05, 4.69) is 63.0 Å². The molecule has 42 heavy (non-hydrogen) atoms. The third kappa shape index (κ3) is 15.6. The van der Waals surface area contributed by atoms with Gasteiger partial charge in [0.15, 0.2) is 19.0 Å². The maximum atomic E-state index is 12.4. The standard InChI is InChI=1S/C37H60N2O3/c1-6-8-9-10-11-12-13-14-15-16-17-18-19-20-28-41-35-24-23-33(29-34(35)37(3,4)5)42-31-36(40)38-26-25-32-22-21-27-39(7-2)30-32/h21-24,27,29-30H,6-20,25-26,28,31H2,1-5H3/p+1. The van der Waals surface area contributed by atoms with Gasteiger partial charge in [-0.3, -0.25) is 4.79 Å². The monoisotopic (exact) mass is 581 g/mol. The minimum atomic E-state index is -0.107. The number of amides is 1. The second-order valence-corrected chi connectivity index (χ2v) is 12.8. The molecule has 2 aromatic rings. The lowest BCUT2D eigenvalue weighted by molar-refractivity contribution is -0.694. The number of carbonyl (C=O) groups excluding carboxylic acids is 1. The van der Waals surface area contributed by atoms with Crippen LogP contribution < -0.4 is 19.4 Å². The molecule has 0 fully saturated rings. The third-order valence-corrected chi connectivity index (χ3v) is 7.90. The number of aryl methyl sites for hydroxylation is 1. The minimum Gasteiger partial charge on any atom is -0.493 e. The molecule has 0 saturated carbocycles. The molecule has 0 bridgehead atoms. The van der Waals surface area contributed by atoms with Crippen molar-refractivity contribution < 1.29 is 18.8 Å². The summed E-state index contributed by atoms with van der Waals surface area (Å²) in [6.07, 6.45) is 24.0. The fourth-order valence-electron chi connectivity index (χ4n) is 5.26. The van der Waals surface area contributed by atoms with E-state index >= 15 is 0 Å². The predicted octanol–water partition coefficient (Wildman–Crippen LogP) is 8.89. The second kappa shape index (κ2) is 21.2. The Hall–Kier alpha value is -2.56. The molecular formula is C37H61N2O3+. The van der Waals surface area contributed by atoms with Crippen molar-refractivity contribution in [2.75, 3.05) is 19.8 Å². The molecule has 5 nitrogen and oxygen atoms in total. The highest BCUT2D eigenvalue weighted by atomic mass is 16.5. The van der Waals surface area contributed by atoms with Gasteiger partial charge in [0, 0.05) is 23.7 Å². The number of hydrogen-bond donors (Lipinski definition) is 1. The number of benzene rings is 1. The number of hydrogen-bond acceptors (Lipinski definition) is 3. The van der Waals surface area contributed by atoms with Crippen molar-refractivity contribution in [3.05, 3.63) is 53.9 Å². The summed E-state index contributed by atoms with van der Waals surface area (Å²) >= 11 is 0. The number of unbranched alkanes of at least 4 members (excludes halogenated alkanes) is 13. The number of carbonyl (C=O) groups is 1. The molecule has 1 aromatic heterocycles. The summed E-state index contributed by atoms with van der Waals surface area (Å²) in [7, 11) is 0. The molecule has 236 valence electrons. The van der Waals surface area contributed by atoms with Crippen LogP contribution in [0.15, 0.2) is 42.7 Å². The van der Waals surface area contributed by atoms with Gasteiger partial charge in [-0.25, -0.2) is 4.57 Å². The highest BCUT2D eigenvalue weighted by Crippen LogP contribution is 2.34. The van der Waals surface area contributed by atoms with Crippen molar-refractivity contribution in [2.45, 2.75) is 143 Å². The molecule has 2 rings (SSSR count). The van der Waals surface area contributed by atoms with Crippen molar-refractivity contribution in [3.63, 3.8) is 0 Å². The van der Waals surface area contributed by atoms with E-state index in [9.17, 15) is 4.79 Å². The smallest absolute Gasteiger partial charge is 0.257 e. The molecule has 1 N–H and O–H groups in total. The number of nitrogens with zero attached hydrogens (tertiary/aromatic N) is 1. The lowest BCUT2D eigenvalue weighted by Crippen LogP contribution is -2.33. The Balaban J connectivity index is 1.62. The summed E-state index contributed by atoms with van der Waals surface area (Å²) < 4.78 is 14.2. The molecule has 1 heterocycles. The Morgan fingerprint density at radius 2 is 1.43 bits per heavy atom. The van der Waals surface area contributed by atoms with Gasteiger partial charge in [0.05, 0.1) is 6.61 Å². The molecule has 0 saturated heterocycles. The molecule has 1 aromatic carbocycles. The van der Waals surface area contributed by atoms with Gasteiger partial charge in [-0.2, -0.15) is 0 Å². The maximum Gasteiger partial charge on any atom is 0.257 e. The van der Waals surface area contributed by atoms with Crippen LogP contribution in [0.4, 0.5) is 0 Å². The predicted molar refractivity (Wildman–Crippen MR) is 175 cm³/mol. The van der Waals surface area contributed by atoms with Crippen LogP contribution in [-0.2, 0) is 23.2 Å². The molecular weight excluding hydrogens is 520 g/mol. The fraction of sp³-hybridized carbons (Fsp3) is 0.676. The van der Waals surface area contributed by atoms with Crippen LogP contribution in [0.1, 0.15) is 136 Å². The van der Waals surface area contributed by atoms with Crippen LogP contribution in [0.3, 0.4) is 0 Å². The summed E-state index contributed by atoms with van der Waals surface area (Å²) in [5, 5.41) is 2.97. The highest BCUT2D eigenvalue weighted by molar-refractivity contribution is 5.77. The van der Waals surface area contributed by atoms with E-state index in [-0.39, 0.29) is 17.9 Å². The van der Waals surface area contributed by atoms with E-state index in [4.69, 9.17) is 9.47 Å². The van der Waals surface area contributed by atoms with Crippen molar-refractivity contribution in [2.24, 2.45) is 0 Å². The van der Waals surface area contributed by atoms with Gasteiger partial charge in [-0.1, -0.05) is 111 Å². The maximum absolute atomic E-state index is 12.4. The van der Waals surface area contributed by atoms with Crippen molar-refractivity contribution in [1.29, 1.82) is 0 Å². The van der Waals surface area contributed by atoms with Crippen molar-refractivity contribution in [3.8, 4) is 11.5 Å². The lowest BCUT2D eigenvalue weighted by atomic mass is 9.86. The molecule has 0 unspecified atom stereocenters. The zero-order chi connectivity index (χ0) is 30.5. The quantitative estimate of drug-likeness (QED) is 0.105. The first-order chi connectivity index (χ1) is 20.3. The van der Waals surface area contributed by atoms with Gasteiger partial charge in [-0.15, -0.1) is 0 Å².